The summed E-state index contributed by atoms with van der Waals surface area (Å²) in [5.41, 5.74) is 3.72. The molecule has 6 nitrogen and oxygen atoms in total. The maximum Gasteiger partial charge on any atom is 0.316 e. The van der Waals surface area contributed by atoms with Gasteiger partial charge in [-0.3, -0.25) is 9.59 Å². The van der Waals surface area contributed by atoms with Crippen LogP contribution >= 0.6 is 0 Å². The molecule has 0 saturated heterocycles. The molecule has 0 radical (unpaired) electrons. The van der Waals surface area contributed by atoms with Gasteiger partial charge in [0.25, 0.3) is 0 Å². The zero-order valence-electron chi connectivity index (χ0n) is 14.8. The molecular formula is C20H19N3O3. The molecule has 1 aromatic heterocycles. The van der Waals surface area contributed by atoms with Crippen LogP contribution in [-0.4, -0.2) is 24.0 Å². The van der Waals surface area contributed by atoms with Crippen LogP contribution in [0, 0.1) is 13.8 Å². The maximum absolute atomic E-state index is 12.4. The molecule has 132 valence electrons. The number of hydrogen-bond acceptors (Lipinski definition) is 4. The van der Waals surface area contributed by atoms with E-state index in [1.165, 1.54) is 11.9 Å². The van der Waals surface area contributed by atoms with Gasteiger partial charge in [0.1, 0.15) is 11.4 Å². The number of carbonyl (C=O) groups is 2. The standard InChI is InChI=1S/C20H19N3O3/c1-13-18(14(2)26-22-13)23(3)20(25)19(24)21-17-11-9-16(10-12-17)15-7-5-4-6-8-15/h4-12H,1-3H3,(H,21,24). The van der Waals surface area contributed by atoms with E-state index < -0.39 is 11.8 Å². The number of hydrogen-bond donors (Lipinski definition) is 1. The van der Waals surface area contributed by atoms with Gasteiger partial charge in [-0.15, -0.1) is 0 Å². The number of nitrogens with one attached hydrogen (secondary N) is 1. The first kappa shape index (κ1) is 17.4. The fraction of sp³-hybridized carbons (Fsp3) is 0.150. The van der Waals surface area contributed by atoms with Crippen LogP contribution in [0.3, 0.4) is 0 Å². The summed E-state index contributed by atoms with van der Waals surface area (Å²) < 4.78 is 5.04. The molecule has 0 spiro atoms. The van der Waals surface area contributed by atoms with Crippen molar-refractivity contribution in [2.75, 3.05) is 17.3 Å². The molecule has 0 atom stereocenters. The Bertz CT molecular complexity index is 911. The van der Waals surface area contributed by atoms with Crippen molar-refractivity contribution >= 4 is 23.2 Å². The number of nitrogens with zero attached hydrogens (tertiary/aromatic N) is 2. The highest BCUT2D eigenvalue weighted by Crippen LogP contribution is 2.24. The summed E-state index contributed by atoms with van der Waals surface area (Å²) in [6.45, 7) is 3.41. The van der Waals surface area contributed by atoms with Gasteiger partial charge in [0, 0.05) is 12.7 Å². The number of likely N-dealkylation sites (N-methyl/N-ethyl adjacent to an activating group) is 1. The molecule has 1 heterocycles. The van der Waals surface area contributed by atoms with Crippen molar-refractivity contribution in [1.82, 2.24) is 5.16 Å². The number of amides is 2. The maximum atomic E-state index is 12.4. The number of rotatable bonds is 3. The molecular weight excluding hydrogens is 330 g/mol. The lowest BCUT2D eigenvalue weighted by atomic mass is 10.1. The fourth-order valence-corrected chi connectivity index (χ4v) is 2.77. The molecule has 3 aromatic rings. The highest BCUT2D eigenvalue weighted by Gasteiger charge is 2.25. The van der Waals surface area contributed by atoms with Crippen LogP contribution < -0.4 is 10.2 Å². The monoisotopic (exact) mass is 349 g/mol. The topological polar surface area (TPSA) is 75.4 Å². The van der Waals surface area contributed by atoms with Gasteiger partial charge in [0.15, 0.2) is 5.76 Å². The van der Waals surface area contributed by atoms with Crippen molar-refractivity contribution in [1.29, 1.82) is 0 Å². The first-order valence-electron chi connectivity index (χ1n) is 8.15. The van der Waals surface area contributed by atoms with Gasteiger partial charge in [-0.05, 0) is 37.1 Å². The van der Waals surface area contributed by atoms with Crippen LogP contribution in [0.2, 0.25) is 0 Å². The number of benzene rings is 2. The number of anilines is 2. The van der Waals surface area contributed by atoms with E-state index >= 15 is 0 Å². The minimum atomic E-state index is -0.722. The second-order valence-corrected chi connectivity index (χ2v) is 5.93. The summed E-state index contributed by atoms with van der Waals surface area (Å²) in [7, 11) is 1.52. The normalized spacial score (nSPS) is 10.4. The van der Waals surface area contributed by atoms with E-state index in [0.29, 0.717) is 22.8 Å². The quantitative estimate of drug-likeness (QED) is 0.734. The Morgan fingerprint density at radius 3 is 2.15 bits per heavy atom. The fourth-order valence-electron chi connectivity index (χ4n) is 2.77. The van der Waals surface area contributed by atoms with Gasteiger partial charge in [-0.25, -0.2) is 0 Å². The van der Waals surface area contributed by atoms with Gasteiger partial charge >= 0.3 is 11.8 Å². The van der Waals surface area contributed by atoms with Crippen LogP contribution in [-0.2, 0) is 9.59 Å². The molecule has 1 N–H and O–H groups in total. The lowest BCUT2D eigenvalue weighted by molar-refractivity contribution is -0.134. The van der Waals surface area contributed by atoms with Gasteiger partial charge in [-0.2, -0.15) is 0 Å². The zero-order valence-corrected chi connectivity index (χ0v) is 14.8. The van der Waals surface area contributed by atoms with Crippen molar-refractivity contribution in [3.05, 3.63) is 66.1 Å². The molecule has 3 rings (SSSR count). The molecule has 0 saturated carbocycles. The summed E-state index contributed by atoms with van der Waals surface area (Å²) >= 11 is 0. The molecule has 6 heteroatoms. The van der Waals surface area contributed by atoms with E-state index in [1.54, 1.807) is 26.0 Å². The van der Waals surface area contributed by atoms with Gasteiger partial charge in [-0.1, -0.05) is 47.6 Å². The van der Waals surface area contributed by atoms with E-state index in [0.717, 1.165) is 11.1 Å². The predicted molar refractivity (Wildman–Crippen MR) is 99.9 cm³/mol. The summed E-state index contributed by atoms with van der Waals surface area (Å²) in [5, 5.41) is 6.42. The summed E-state index contributed by atoms with van der Waals surface area (Å²) in [4.78, 5) is 25.9. The van der Waals surface area contributed by atoms with Crippen molar-refractivity contribution in [2.45, 2.75) is 13.8 Å². The van der Waals surface area contributed by atoms with E-state index in [2.05, 4.69) is 10.5 Å². The third-order valence-corrected chi connectivity index (χ3v) is 4.08. The Hall–Kier alpha value is -3.41. The van der Waals surface area contributed by atoms with Crippen molar-refractivity contribution in [2.24, 2.45) is 0 Å². The Labute approximate surface area is 151 Å². The molecule has 2 aromatic carbocycles. The number of carbonyl (C=O) groups excluding carboxylic acids is 2. The largest absolute Gasteiger partial charge is 0.359 e. The number of aromatic nitrogens is 1. The first-order valence-corrected chi connectivity index (χ1v) is 8.15. The van der Waals surface area contributed by atoms with E-state index in [4.69, 9.17) is 4.52 Å². The molecule has 26 heavy (non-hydrogen) atoms. The van der Waals surface area contributed by atoms with Crippen LogP contribution in [0.1, 0.15) is 11.5 Å². The lowest BCUT2D eigenvalue weighted by Crippen LogP contribution is -2.37. The second kappa shape index (κ2) is 7.23. The van der Waals surface area contributed by atoms with Crippen LogP contribution in [0.25, 0.3) is 11.1 Å². The molecule has 0 aliphatic heterocycles. The minimum Gasteiger partial charge on any atom is -0.359 e. The third-order valence-electron chi connectivity index (χ3n) is 4.08. The molecule has 0 fully saturated rings. The van der Waals surface area contributed by atoms with Crippen LogP contribution in [0.15, 0.2) is 59.1 Å². The van der Waals surface area contributed by atoms with E-state index in [-0.39, 0.29) is 0 Å². The summed E-state index contributed by atoms with van der Waals surface area (Å²) in [6, 6.07) is 17.2. The van der Waals surface area contributed by atoms with Crippen molar-refractivity contribution in [3.8, 4) is 11.1 Å². The average molecular weight is 349 g/mol. The highest BCUT2D eigenvalue weighted by atomic mass is 16.5. The molecule has 0 aliphatic carbocycles. The molecule has 0 unspecified atom stereocenters. The summed E-state index contributed by atoms with van der Waals surface area (Å²) in [5.74, 6) is -0.926. The Kier molecular flexibility index (Phi) is 4.84. The minimum absolute atomic E-state index is 0.485. The van der Waals surface area contributed by atoms with Gasteiger partial charge < -0.3 is 14.7 Å². The van der Waals surface area contributed by atoms with Gasteiger partial charge in [0.05, 0.1) is 0 Å². The van der Waals surface area contributed by atoms with Gasteiger partial charge in [0.2, 0.25) is 0 Å². The Balaban J connectivity index is 1.70. The van der Waals surface area contributed by atoms with Crippen LogP contribution in [0.5, 0.6) is 0 Å². The lowest BCUT2D eigenvalue weighted by Gasteiger charge is -2.16. The SMILES string of the molecule is Cc1noc(C)c1N(C)C(=O)C(=O)Nc1ccc(-c2ccccc2)cc1. The third kappa shape index (κ3) is 3.49. The molecule has 0 aliphatic rings. The molecule has 0 bridgehead atoms. The van der Waals surface area contributed by atoms with E-state index in [9.17, 15) is 9.59 Å². The average Bonchev–Trinajstić information content (AvgIpc) is 3.00. The first-order chi connectivity index (χ1) is 12.5. The zero-order chi connectivity index (χ0) is 18.7. The number of aryl methyl sites for hydroxylation is 2. The Morgan fingerprint density at radius 2 is 1.58 bits per heavy atom. The molecule has 2 amide bonds. The summed E-state index contributed by atoms with van der Waals surface area (Å²) in [6.07, 6.45) is 0. The predicted octanol–water partition coefficient (Wildman–Crippen LogP) is 3.56. The Morgan fingerprint density at radius 1 is 0.962 bits per heavy atom. The second-order valence-electron chi connectivity index (χ2n) is 5.93. The van der Waals surface area contributed by atoms with E-state index in [1.807, 2.05) is 42.5 Å². The van der Waals surface area contributed by atoms with Crippen molar-refractivity contribution < 1.29 is 14.1 Å². The van der Waals surface area contributed by atoms with Crippen LogP contribution in [0.4, 0.5) is 11.4 Å². The highest BCUT2D eigenvalue weighted by molar-refractivity contribution is 6.44. The smallest absolute Gasteiger partial charge is 0.316 e. The van der Waals surface area contributed by atoms with Crippen molar-refractivity contribution in [3.63, 3.8) is 0 Å².